The normalized spacial score (nSPS) is 27.9. The average molecular weight is 412 g/mol. The molecular formula is C20H33N3O4S. The summed E-state index contributed by atoms with van der Waals surface area (Å²) in [6.45, 7) is 4.42. The molecule has 0 bridgehead atoms. The van der Waals surface area contributed by atoms with Crippen LogP contribution in [0, 0.1) is 5.92 Å². The number of rotatable bonds is 8. The summed E-state index contributed by atoms with van der Waals surface area (Å²) in [5.74, 6) is -0.162. The van der Waals surface area contributed by atoms with Crippen LogP contribution in [0.4, 0.5) is 0 Å². The number of hydrogen-bond donors (Lipinski definition) is 2. The molecule has 158 valence electrons. The van der Waals surface area contributed by atoms with E-state index in [1.54, 1.807) is 29.5 Å². The number of ether oxygens (including phenoxy) is 1. The lowest BCUT2D eigenvalue weighted by molar-refractivity contribution is -0.119. The van der Waals surface area contributed by atoms with Crippen molar-refractivity contribution in [3.05, 3.63) is 23.1 Å². The number of nitrogens with zero attached hydrogens (tertiary/aromatic N) is 1. The van der Waals surface area contributed by atoms with Gasteiger partial charge >= 0.3 is 0 Å². The summed E-state index contributed by atoms with van der Waals surface area (Å²) in [5.41, 5.74) is -0.746. The smallest absolute Gasteiger partial charge is 0.245 e. The van der Waals surface area contributed by atoms with Gasteiger partial charge in [-0.1, -0.05) is 18.6 Å². The first-order valence-corrected chi connectivity index (χ1v) is 11.8. The molecule has 8 heteroatoms. The van der Waals surface area contributed by atoms with Crippen LogP contribution in [-0.4, -0.2) is 63.6 Å². The first-order valence-electron chi connectivity index (χ1n) is 10.3. The molecule has 0 aromatic carbocycles. The van der Waals surface area contributed by atoms with Gasteiger partial charge in [0.1, 0.15) is 11.5 Å². The molecule has 3 rings (SSSR count). The van der Waals surface area contributed by atoms with E-state index in [1.807, 2.05) is 7.05 Å². The van der Waals surface area contributed by atoms with Crippen LogP contribution in [-0.2, 0) is 19.6 Å². The van der Waals surface area contributed by atoms with Gasteiger partial charge in [-0.05, 0) is 58.9 Å². The van der Waals surface area contributed by atoms with E-state index >= 15 is 0 Å². The summed E-state index contributed by atoms with van der Waals surface area (Å²) in [5, 5.41) is 6.44. The topological polar surface area (TPSA) is 87.7 Å². The standard InChI is InChI=1S/C20H33N3O4S/c1-16(24)17-6-8-19(9-7-17)28(25,26)23-18(5-3-4-12-21-2)15-27-20(23)10-13-22-14-11-20/h6,8-9,17-18,21-22H,3-5,7,10-15H2,1-2H3/t17-,18?/m1/s1. The molecule has 2 heterocycles. The molecule has 1 aliphatic carbocycles. The SMILES string of the molecule is CNCCCCC1COC2(CCNCC2)N1S(=O)(=O)C1=CC[C@H](C(C)=O)C=C1. The van der Waals surface area contributed by atoms with Crippen molar-refractivity contribution in [1.82, 2.24) is 14.9 Å². The minimum Gasteiger partial charge on any atom is -0.358 e. The molecule has 2 N–H and O–H groups in total. The molecule has 0 radical (unpaired) electrons. The number of carbonyl (C=O) groups excluding carboxylic acids is 1. The lowest BCUT2D eigenvalue weighted by atomic mass is 9.97. The summed E-state index contributed by atoms with van der Waals surface area (Å²) in [4.78, 5) is 11.9. The molecule has 2 aliphatic heterocycles. The van der Waals surface area contributed by atoms with Crippen LogP contribution in [0.3, 0.4) is 0 Å². The zero-order chi connectivity index (χ0) is 20.2. The van der Waals surface area contributed by atoms with Crippen molar-refractivity contribution in [2.24, 2.45) is 5.92 Å². The second-order valence-corrected chi connectivity index (χ2v) is 9.79. The minimum atomic E-state index is -3.68. The third-order valence-electron chi connectivity index (χ3n) is 6.02. The summed E-state index contributed by atoms with van der Waals surface area (Å²) in [7, 11) is -1.76. The van der Waals surface area contributed by atoms with Gasteiger partial charge in [0.2, 0.25) is 10.0 Å². The summed E-state index contributed by atoms with van der Waals surface area (Å²) in [6, 6.07) is -0.139. The highest BCUT2D eigenvalue weighted by Crippen LogP contribution is 2.41. The molecule has 28 heavy (non-hydrogen) atoms. The maximum Gasteiger partial charge on any atom is 0.245 e. The van der Waals surface area contributed by atoms with Crippen LogP contribution >= 0.6 is 0 Å². The van der Waals surface area contributed by atoms with Gasteiger partial charge in [0, 0.05) is 18.8 Å². The number of piperidine rings is 1. The van der Waals surface area contributed by atoms with Gasteiger partial charge in [0.15, 0.2) is 0 Å². The van der Waals surface area contributed by atoms with E-state index in [2.05, 4.69) is 10.6 Å². The zero-order valence-corrected chi connectivity index (χ0v) is 17.8. The minimum absolute atomic E-state index is 0.0608. The number of ketones is 1. The number of carbonyl (C=O) groups is 1. The Hall–Kier alpha value is -1.06. The Bertz CT molecular complexity index is 726. The van der Waals surface area contributed by atoms with Gasteiger partial charge in [-0.2, -0.15) is 4.31 Å². The molecule has 3 aliphatic rings. The highest BCUT2D eigenvalue weighted by molar-refractivity contribution is 7.93. The predicted molar refractivity (Wildman–Crippen MR) is 109 cm³/mol. The van der Waals surface area contributed by atoms with Crippen LogP contribution in [0.5, 0.6) is 0 Å². The van der Waals surface area contributed by atoms with Gasteiger partial charge in [-0.25, -0.2) is 8.42 Å². The summed E-state index contributed by atoms with van der Waals surface area (Å²) < 4.78 is 35.1. The van der Waals surface area contributed by atoms with Crippen molar-refractivity contribution in [3.8, 4) is 0 Å². The average Bonchev–Trinajstić information content (AvgIpc) is 3.04. The fraction of sp³-hybridized carbons (Fsp3) is 0.750. The van der Waals surface area contributed by atoms with Gasteiger partial charge in [-0.15, -0.1) is 0 Å². The van der Waals surface area contributed by atoms with Crippen LogP contribution in [0.1, 0.15) is 45.4 Å². The lowest BCUT2D eigenvalue weighted by Crippen LogP contribution is -2.56. The fourth-order valence-corrected chi connectivity index (χ4v) is 6.42. The first-order chi connectivity index (χ1) is 13.4. The van der Waals surface area contributed by atoms with Crippen molar-refractivity contribution >= 4 is 15.8 Å². The van der Waals surface area contributed by atoms with E-state index in [4.69, 9.17) is 4.74 Å². The molecule has 0 amide bonds. The Morgan fingerprint density at radius 2 is 2.11 bits per heavy atom. The second-order valence-electron chi connectivity index (χ2n) is 7.98. The highest BCUT2D eigenvalue weighted by Gasteiger charge is 2.54. The second kappa shape index (κ2) is 9.17. The Morgan fingerprint density at radius 3 is 2.71 bits per heavy atom. The van der Waals surface area contributed by atoms with E-state index in [0.29, 0.717) is 30.8 Å². The van der Waals surface area contributed by atoms with Crippen LogP contribution in [0.2, 0.25) is 0 Å². The van der Waals surface area contributed by atoms with E-state index < -0.39 is 15.7 Å². The van der Waals surface area contributed by atoms with E-state index in [1.165, 1.54) is 0 Å². The van der Waals surface area contributed by atoms with Crippen LogP contribution in [0.25, 0.3) is 0 Å². The number of hydrogen-bond acceptors (Lipinski definition) is 6. The van der Waals surface area contributed by atoms with Gasteiger partial charge in [0.25, 0.3) is 0 Å². The largest absolute Gasteiger partial charge is 0.358 e. The number of Topliss-reactive ketones (excluding diaryl/α,β-unsaturated/α-hetero) is 1. The number of unbranched alkanes of at least 4 members (excludes halogenated alkanes) is 1. The van der Waals surface area contributed by atoms with Crippen LogP contribution in [0.15, 0.2) is 23.1 Å². The molecule has 7 nitrogen and oxygen atoms in total. The molecule has 0 aromatic heterocycles. The molecule has 2 atom stereocenters. The fourth-order valence-electron chi connectivity index (χ4n) is 4.40. The lowest BCUT2D eigenvalue weighted by Gasteiger charge is -2.41. The van der Waals surface area contributed by atoms with Crippen molar-refractivity contribution in [1.29, 1.82) is 0 Å². The Labute approximate surface area is 168 Å². The van der Waals surface area contributed by atoms with E-state index in [0.717, 1.165) is 38.9 Å². The summed E-state index contributed by atoms with van der Waals surface area (Å²) in [6.07, 6.45) is 9.55. The number of allylic oxidation sites excluding steroid dienone is 3. The van der Waals surface area contributed by atoms with Crippen molar-refractivity contribution in [2.75, 3.05) is 33.3 Å². The van der Waals surface area contributed by atoms with Crippen LogP contribution < -0.4 is 10.6 Å². The third kappa shape index (κ3) is 4.41. The molecule has 1 spiro atoms. The highest BCUT2D eigenvalue weighted by atomic mass is 32.2. The first kappa shape index (κ1) is 21.6. The maximum absolute atomic E-state index is 13.6. The molecule has 0 aromatic rings. The van der Waals surface area contributed by atoms with Gasteiger partial charge in [-0.3, -0.25) is 4.79 Å². The Morgan fingerprint density at radius 1 is 1.36 bits per heavy atom. The third-order valence-corrected chi connectivity index (χ3v) is 8.07. The maximum atomic E-state index is 13.6. The monoisotopic (exact) mass is 411 g/mol. The zero-order valence-electron chi connectivity index (χ0n) is 16.9. The van der Waals surface area contributed by atoms with Gasteiger partial charge < -0.3 is 15.4 Å². The Balaban J connectivity index is 1.83. The number of nitrogens with one attached hydrogen (secondary N) is 2. The van der Waals surface area contributed by atoms with E-state index in [-0.39, 0.29) is 17.7 Å². The summed E-state index contributed by atoms with van der Waals surface area (Å²) >= 11 is 0. The van der Waals surface area contributed by atoms with Crippen molar-refractivity contribution in [3.63, 3.8) is 0 Å². The Kier molecular flexibility index (Phi) is 7.09. The number of sulfonamides is 1. The predicted octanol–water partition coefficient (Wildman–Crippen LogP) is 1.54. The molecule has 2 fully saturated rings. The molecule has 1 unspecified atom stereocenters. The van der Waals surface area contributed by atoms with E-state index in [9.17, 15) is 13.2 Å². The molecule has 0 saturated carbocycles. The van der Waals surface area contributed by atoms with Crippen molar-refractivity contribution < 1.29 is 17.9 Å². The molecular weight excluding hydrogens is 378 g/mol. The molecule has 2 saturated heterocycles. The van der Waals surface area contributed by atoms with Crippen molar-refractivity contribution in [2.45, 2.75) is 57.2 Å². The van der Waals surface area contributed by atoms with Gasteiger partial charge in [0.05, 0.1) is 17.6 Å². The quantitative estimate of drug-likeness (QED) is 0.589.